The molecule has 15 heteroatoms. The van der Waals surface area contributed by atoms with Crippen LogP contribution in [-0.4, -0.2) is 59.6 Å². The van der Waals surface area contributed by atoms with Gasteiger partial charge in [0.25, 0.3) is 0 Å². The van der Waals surface area contributed by atoms with E-state index in [2.05, 4.69) is 21.3 Å². The summed E-state index contributed by atoms with van der Waals surface area (Å²) < 4.78 is 86.6. The number of amides is 2. The number of alkyl halides is 6. The summed E-state index contributed by atoms with van der Waals surface area (Å²) in [5.41, 5.74) is 5.55. The largest absolute Gasteiger partial charge is 0.471 e. The second-order valence-electron chi connectivity index (χ2n) is 10.3. The molecule has 1 aromatic carbocycles. The summed E-state index contributed by atoms with van der Waals surface area (Å²) >= 11 is 0. The van der Waals surface area contributed by atoms with Gasteiger partial charge < -0.3 is 14.5 Å². The highest BCUT2D eigenvalue weighted by molar-refractivity contribution is 5.83. The van der Waals surface area contributed by atoms with Gasteiger partial charge in [0.1, 0.15) is 0 Å². The molecule has 1 saturated carbocycles. The first-order chi connectivity index (χ1) is 18.4. The van der Waals surface area contributed by atoms with Crippen molar-refractivity contribution in [3.8, 4) is 0 Å². The van der Waals surface area contributed by atoms with Crippen molar-refractivity contribution in [2.45, 2.75) is 75.7 Å². The van der Waals surface area contributed by atoms with E-state index in [9.17, 15) is 35.9 Å². The number of hydrogen-bond donors (Lipinski definition) is 2. The normalized spacial score (nSPS) is 25.9. The lowest BCUT2D eigenvalue weighted by molar-refractivity contribution is -0.192. The zero-order valence-corrected chi connectivity index (χ0v) is 20.8. The molecular weight excluding hydrogens is 534 g/mol. The third-order valence-corrected chi connectivity index (χ3v) is 7.94. The van der Waals surface area contributed by atoms with Crippen LogP contribution in [-0.2, 0) is 33.5 Å². The van der Waals surface area contributed by atoms with Crippen molar-refractivity contribution in [2.24, 2.45) is 16.3 Å². The Labute approximate surface area is 219 Å². The van der Waals surface area contributed by atoms with Gasteiger partial charge in [0, 0.05) is 44.3 Å². The molecule has 0 bridgehead atoms. The van der Waals surface area contributed by atoms with Crippen molar-refractivity contribution in [1.82, 2.24) is 20.8 Å². The van der Waals surface area contributed by atoms with Crippen LogP contribution in [0, 0.1) is 5.92 Å². The van der Waals surface area contributed by atoms with Crippen molar-refractivity contribution < 1.29 is 40.7 Å². The second kappa shape index (κ2) is 10.6. The molecule has 0 spiro atoms. The van der Waals surface area contributed by atoms with Gasteiger partial charge in [0.15, 0.2) is 6.17 Å². The average Bonchev–Trinajstić information content (AvgIpc) is 3.60. The predicted molar refractivity (Wildman–Crippen MR) is 122 cm³/mol. The Morgan fingerprint density at radius 3 is 2.41 bits per heavy atom. The molecule has 2 fully saturated rings. The van der Waals surface area contributed by atoms with Gasteiger partial charge in [-0.05, 0) is 67.3 Å². The highest BCUT2D eigenvalue weighted by Crippen LogP contribution is 2.39. The molecule has 3 aliphatic heterocycles. The maximum absolute atomic E-state index is 13.7. The van der Waals surface area contributed by atoms with Crippen LogP contribution in [0.3, 0.4) is 0 Å². The smallest absolute Gasteiger partial charge is 0.381 e. The minimum Gasteiger partial charge on any atom is -0.381 e. The van der Waals surface area contributed by atoms with E-state index in [1.165, 1.54) is 4.90 Å². The summed E-state index contributed by atoms with van der Waals surface area (Å²) in [4.78, 5) is 28.2. The van der Waals surface area contributed by atoms with E-state index in [4.69, 9.17) is 4.74 Å². The first-order valence-corrected chi connectivity index (χ1v) is 12.8. The molecule has 39 heavy (non-hydrogen) atoms. The third kappa shape index (κ3) is 5.69. The first-order valence-electron chi connectivity index (χ1n) is 12.8. The molecule has 1 saturated heterocycles. The van der Waals surface area contributed by atoms with Crippen molar-refractivity contribution >= 4 is 11.8 Å². The first kappa shape index (κ1) is 27.6. The fourth-order valence-electron chi connectivity index (χ4n) is 6.11. The maximum atomic E-state index is 13.7. The second-order valence-corrected chi connectivity index (χ2v) is 10.3. The molecule has 2 amide bonds. The third-order valence-electron chi connectivity index (χ3n) is 7.94. The van der Waals surface area contributed by atoms with Gasteiger partial charge in [0.2, 0.25) is 5.91 Å². The van der Waals surface area contributed by atoms with Crippen molar-refractivity contribution in [1.29, 1.82) is 0 Å². The standard InChI is InChI=1S/C24H28F6N6O3/c25-23(26,27)15-9-14-12-35(6-3-18(14)19(11-15)20-31-33-34-32-20)21(37)13-1-2-17(10-13)36(22(38)24(28,29)30)16-4-7-39-8-5-16/h9,11,13,16-17,20H,1-8,10,12H2,(H,31,34)(H,32,33)/t13-,17?/m0/s1. The molecule has 1 aliphatic carbocycles. The Morgan fingerprint density at radius 1 is 1.03 bits per heavy atom. The molecule has 0 aromatic heterocycles. The fourth-order valence-corrected chi connectivity index (χ4v) is 6.11. The molecule has 3 heterocycles. The number of hydrazine groups is 1. The number of nitrogens with one attached hydrogen (secondary N) is 2. The van der Waals surface area contributed by atoms with Crippen LogP contribution in [0.5, 0.6) is 0 Å². The van der Waals surface area contributed by atoms with Crippen LogP contribution in [0.2, 0.25) is 0 Å². The molecule has 5 rings (SSSR count). The quantitative estimate of drug-likeness (QED) is 0.545. The Morgan fingerprint density at radius 2 is 1.77 bits per heavy atom. The SMILES string of the molecule is O=C([C@H]1CCC(N(C(=O)C(F)(F)F)C2CCOCC2)C1)N1CCc2c(cc(C(F)(F)F)cc2C2N=NNN2)C1. The minimum atomic E-state index is -5.03. The van der Waals surface area contributed by atoms with Gasteiger partial charge in [-0.25, -0.2) is 5.53 Å². The van der Waals surface area contributed by atoms with Crippen LogP contribution in [0.1, 0.15) is 60.5 Å². The van der Waals surface area contributed by atoms with Gasteiger partial charge in [-0.15, -0.1) is 5.11 Å². The Kier molecular flexibility index (Phi) is 7.48. The summed E-state index contributed by atoms with van der Waals surface area (Å²) in [6.07, 6.45) is -8.97. The number of ether oxygens (including phenoxy) is 1. The Bertz CT molecular complexity index is 1140. The van der Waals surface area contributed by atoms with Gasteiger partial charge >= 0.3 is 18.3 Å². The number of fused-ring (bicyclic) bond motifs is 1. The summed E-state index contributed by atoms with van der Waals surface area (Å²) in [5, 5.41) is 7.46. The molecule has 214 valence electrons. The highest BCUT2D eigenvalue weighted by atomic mass is 19.4. The number of nitrogens with zero attached hydrogens (tertiary/aromatic N) is 4. The zero-order valence-electron chi connectivity index (χ0n) is 20.8. The van der Waals surface area contributed by atoms with Gasteiger partial charge in [-0.2, -0.15) is 31.8 Å². The van der Waals surface area contributed by atoms with Crippen LogP contribution in [0.15, 0.2) is 22.5 Å². The molecule has 9 nitrogen and oxygen atoms in total. The zero-order chi connectivity index (χ0) is 27.9. The number of benzene rings is 1. The van der Waals surface area contributed by atoms with E-state index in [-0.39, 0.29) is 57.9 Å². The minimum absolute atomic E-state index is 0.0608. The van der Waals surface area contributed by atoms with Crippen LogP contribution >= 0.6 is 0 Å². The molecule has 1 aromatic rings. The lowest BCUT2D eigenvalue weighted by atomic mass is 9.90. The predicted octanol–water partition coefficient (Wildman–Crippen LogP) is 3.80. The number of carbonyl (C=O) groups is 2. The molecule has 0 radical (unpaired) electrons. The molecule has 2 N–H and O–H groups in total. The number of halogens is 6. The van der Waals surface area contributed by atoms with E-state index >= 15 is 0 Å². The number of carbonyl (C=O) groups excluding carboxylic acids is 2. The van der Waals surface area contributed by atoms with Crippen molar-refractivity contribution in [3.63, 3.8) is 0 Å². The van der Waals surface area contributed by atoms with E-state index in [1.807, 2.05) is 0 Å². The summed E-state index contributed by atoms with van der Waals surface area (Å²) in [7, 11) is 0. The fraction of sp³-hybridized carbons (Fsp3) is 0.667. The van der Waals surface area contributed by atoms with Crippen LogP contribution in [0.4, 0.5) is 26.3 Å². The lowest BCUT2D eigenvalue weighted by Gasteiger charge is -2.39. The number of rotatable bonds is 4. The Hall–Kier alpha value is -2.94. The van der Waals surface area contributed by atoms with Gasteiger partial charge in [-0.3, -0.25) is 9.59 Å². The maximum Gasteiger partial charge on any atom is 0.471 e. The van der Waals surface area contributed by atoms with Crippen molar-refractivity contribution in [3.05, 3.63) is 34.4 Å². The van der Waals surface area contributed by atoms with Gasteiger partial charge in [-0.1, -0.05) is 5.22 Å². The topological polar surface area (TPSA) is 98.6 Å². The monoisotopic (exact) mass is 562 g/mol. The molecule has 4 aliphatic rings. The average molecular weight is 563 g/mol. The highest BCUT2D eigenvalue weighted by Gasteiger charge is 2.49. The lowest BCUT2D eigenvalue weighted by Crippen LogP contribution is -2.53. The van der Waals surface area contributed by atoms with Crippen LogP contribution in [0.25, 0.3) is 0 Å². The van der Waals surface area contributed by atoms with E-state index in [0.29, 0.717) is 29.5 Å². The molecular formula is C24H28F6N6O3. The Balaban J connectivity index is 1.33. The summed E-state index contributed by atoms with van der Waals surface area (Å²) in [6, 6.07) is 0.695. The van der Waals surface area contributed by atoms with Crippen molar-refractivity contribution in [2.75, 3.05) is 19.8 Å². The summed E-state index contributed by atoms with van der Waals surface area (Å²) in [5.74, 6) is -2.85. The number of hydrogen-bond acceptors (Lipinski definition) is 7. The molecule has 3 atom stereocenters. The van der Waals surface area contributed by atoms with E-state index in [0.717, 1.165) is 17.0 Å². The van der Waals surface area contributed by atoms with E-state index < -0.39 is 48.0 Å². The molecule has 2 unspecified atom stereocenters. The van der Waals surface area contributed by atoms with E-state index in [1.54, 1.807) is 0 Å². The van der Waals surface area contributed by atoms with Crippen LogP contribution < -0.4 is 11.0 Å². The van der Waals surface area contributed by atoms with Gasteiger partial charge in [0.05, 0.1) is 5.56 Å². The summed E-state index contributed by atoms with van der Waals surface area (Å²) in [6.45, 7) is 0.692.